The Balaban J connectivity index is 1.76. The fourth-order valence-corrected chi connectivity index (χ4v) is 3.34. The molecule has 4 nitrogen and oxygen atoms in total. The number of nitrogens with one attached hydrogen (secondary N) is 1. The van der Waals surface area contributed by atoms with Gasteiger partial charge in [-0.05, 0) is 32.7 Å². The van der Waals surface area contributed by atoms with Gasteiger partial charge in [0.25, 0.3) is 0 Å². The van der Waals surface area contributed by atoms with Gasteiger partial charge >= 0.3 is 0 Å². The van der Waals surface area contributed by atoms with E-state index in [9.17, 15) is 5.11 Å². The van der Waals surface area contributed by atoms with E-state index in [0.29, 0.717) is 19.2 Å². The maximum Gasteiger partial charge on any atom is 0.0897 e. The van der Waals surface area contributed by atoms with Gasteiger partial charge in [0.05, 0.1) is 12.7 Å². The summed E-state index contributed by atoms with van der Waals surface area (Å²) in [6.07, 6.45) is 6.15. The van der Waals surface area contributed by atoms with Crippen molar-refractivity contribution in [2.24, 2.45) is 0 Å². The third kappa shape index (κ3) is 3.41. The summed E-state index contributed by atoms with van der Waals surface area (Å²) in [6, 6.07) is 2.08. The molecule has 3 unspecified atom stereocenters. The summed E-state index contributed by atoms with van der Waals surface area (Å²) in [6.45, 7) is 1.08. The largest absolute Gasteiger partial charge is 0.389 e. The number of rotatable bonds is 5. The number of aliphatic hydroxyl groups excluding tert-OH is 1. The Kier molecular flexibility index (Phi) is 4.79. The van der Waals surface area contributed by atoms with Crippen molar-refractivity contribution in [2.45, 2.75) is 56.3 Å². The molecule has 17 heavy (non-hydrogen) atoms. The Hall–Kier alpha value is -0.160. The van der Waals surface area contributed by atoms with Crippen LogP contribution in [0.1, 0.15) is 32.1 Å². The first kappa shape index (κ1) is 13.3. The van der Waals surface area contributed by atoms with Gasteiger partial charge in [0.15, 0.2) is 0 Å². The topological polar surface area (TPSA) is 44.7 Å². The van der Waals surface area contributed by atoms with Crippen molar-refractivity contribution in [3.8, 4) is 0 Å². The highest BCUT2D eigenvalue weighted by Gasteiger charge is 2.35. The lowest BCUT2D eigenvalue weighted by atomic mass is 9.82. The van der Waals surface area contributed by atoms with Crippen molar-refractivity contribution in [1.29, 1.82) is 0 Å². The molecule has 2 rings (SSSR count). The van der Waals surface area contributed by atoms with E-state index in [1.807, 2.05) is 0 Å². The van der Waals surface area contributed by atoms with Gasteiger partial charge in [-0.25, -0.2) is 0 Å². The standard InChI is InChI=1S/C13H26N2O2/c1-15-11-4-3-5-12(15)7-10(6-11)14-8-13(16)9-17-2/h10-14,16H,3-9H2,1-2H3. The van der Waals surface area contributed by atoms with Crippen molar-refractivity contribution in [2.75, 3.05) is 27.3 Å². The second kappa shape index (κ2) is 6.14. The van der Waals surface area contributed by atoms with E-state index < -0.39 is 0 Å². The maximum atomic E-state index is 9.64. The van der Waals surface area contributed by atoms with E-state index in [4.69, 9.17) is 4.74 Å². The van der Waals surface area contributed by atoms with Crippen LogP contribution < -0.4 is 5.32 Å². The summed E-state index contributed by atoms with van der Waals surface area (Å²) in [5.41, 5.74) is 0. The van der Waals surface area contributed by atoms with Gasteiger partial charge in [-0.1, -0.05) is 6.42 Å². The smallest absolute Gasteiger partial charge is 0.0897 e. The fourth-order valence-electron chi connectivity index (χ4n) is 3.34. The Morgan fingerprint density at radius 2 is 2.00 bits per heavy atom. The lowest BCUT2D eigenvalue weighted by Crippen LogP contribution is -2.55. The van der Waals surface area contributed by atoms with Crippen molar-refractivity contribution >= 4 is 0 Å². The van der Waals surface area contributed by atoms with Gasteiger partial charge in [-0.2, -0.15) is 0 Å². The number of hydrogen-bond donors (Lipinski definition) is 2. The summed E-state index contributed by atoms with van der Waals surface area (Å²) in [5.74, 6) is 0. The molecule has 0 aromatic heterocycles. The van der Waals surface area contributed by atoms with Crippen LogP contribution in [0.15, 0.2) is 0 Å². The van der Waals surface area contributed by atoms with Crippen LogP contribution in [0.2, 0.25) is 0 Å². The lowest BCUT2D eigenvalue weighted by molar-refractivity contribution is 0.0348. The van der Waals surface area contributed by atoms with E-state index in [-0.39, 0.29) is 6.10 Å². The molecule has 100 valence electrons. The monoisotopic (exact) mass is 242 g/mol. The molecule has 0 aromatic rings. The van der Waals surface area contributed by atoms with Gasteiger partial charge in [0.2, 0.25) is 0 Å². The van der Waals surface area contributed by atoms with Crippen LogP contribution in [-0.4, -0.2) is 61.5 Å². The average molecular weight is 242 g/mol. The summed E-state index contributed by atoms with van der Waals surface area (Å²) in [4.78, 5) is 2.56. The number of ether oxygens (including phenoxy) is 1. The predicted molar refractivity (Wildman–Crippen MR) is 68.1 cm³/mol. The molecular formula is C13H26N2O2. The molecule has 2 N–H and O–H groups in total. The third-order valence-electron chi connectivity index (χ3n) is 4.34. The Bertz CT molecular complexity index is 223. The lowest BCUT2D eigenvalue weighted by Gasteiger charge is -2.47. The van der Waals surface area contributed by atoms with Crippen LogP contribution in [-0.2, 0) is 4.74 Å². The van der Waals surface area contributed by atoms with E-state index in [0.717, 1.165) is 12.1 Å². The third-order valence-corrected chi connectivity index (χ3v) is 4.34. The van der Waals surface area contributed by atoms with Crippen LogP contribution in [0.4, 0.5) is 0 Å². The zero-order valence-electron chi connectivity index (χ0n) is 11.1. The second-order valence-corrected chi connectivity index (χ2v) is 5.59. The van der Waals surface area contributed by atoms with E-state index >= 15 is 0 Å². The minimum atomic E-state index is -0.375. The molecule has 4 heteroatoms. The van der Waals surface area contributed by atoms with Crippen molar-refractivity contribution in [3.05, 3.63) is 0 Å². The Labute approximate surface area is 104 Å². The molecule has 0 aliphatic carbocycles. The summed E-state index contributed by atoms with van der Waals surface area (Å²) in [7, 11) is 3.90. The number of hydrogen-bond acceptors (Lipinski definition) is 4. The number of piperidine rings is 2. The van der Waals surface area contributed by atoms with Gasteiger partial charge in [-0.3, -0.25) is 0 Å². The predicted octanol–water partition coefficient (Wildman–Crippen LogP) is 0.599. The Morgan fingerprint density at radius 1 is 1.35 bits per heavy atom. The van der Waals surface area contributed by atoms with Gasteiger partial charge in [0, 0.05) is 31.8 Å². The first-order valence-corrected chi connectivity index (χ1v) is 6.83. The molecule has 3 atom stereocenters. The molecule has 2 bridgehead atoms. The van der Waals surface area contributed by atoms with Crippen LogP contribution in [0, 0.1) is 0 Å². The van der Waals surface area contributed by atoms with Crippen molar-refractivity contribution in [1.82, 2.24) is 10.2 Å². The quantitative estimate of drug-likeness (QED) is 0.741. The second-order valence-electron chi connectivity index (χ2n) is 5.59. The molecule has 2 saturated heterocycles. The highest BCUT2D eigenvalue weighted by molar-refractivity contribution is 4.93. The maximum absolute atomic E-state index is 9.64. The Morgan fingerprint density at radius 3 is 2.59 bits per heavy atom. The van der Waals surface area contributed by atoms with Crippen LogP contribution in [0.3, 0.4) is 0 Å². The molecule has 2 heterocycles. The normalized spacial score (nSPS) is 35.8. The fraction of sp³-hybridized carbons (Fsp3) is 1.00. The van der Waals surface area contributed by atoms with Gasteiger partial charge in [-0.15, -0.1) is 0 Å². The summed E-state index contributed by atoms with van der Waals surface area (Å²) < 4.78 is 4.94. The van der Waals surface area contributed by atoms with Gasteiger partial charge in [0.1, 0.15) is 0 Å². The molecule has 0 spiro atoms. The van der Waals surface area contributed by atoms with Crippen LogP contribution >= 0.6 is 0 Å². The number of methoxy groups -OCH3 is 1. The van der Waals surface area contributed by atoms with Crippen LogP contribution in [0.5, 0.6) is 0 Å². The molecule has 2 fully saturated rings. The van der Waals surface area contributed by atoms with E-state index in [1.54, 1.807) is 7.11 Å². The summed E-state index contributed by atoms with van der Waals surface area (Å²) >= 11 is 0. The minimum Gasteiger partial charge on any atom is -0.389 e. The highest BCUT2D eigenvalue weighted by Crippen LogP contribution is 2.32. The summed E-state index contributed by atoms with van der Waals surface area (Å²) in [5, 5.41) is 13.1. The average Bonchev–Trinajstić information content (AvgIpc) is 2.27. The number of nitrogens with zero attached hydrogens (tertiary/aromatic N) is 1. The van der Waals surface area contributed by atoms with Gasteiger partial charge < -0.3 is 20.1 Å². The zero-order chi connectivity index (χ0) is 12.3. The highest BCUT2D eigenvalue weighted by atomic mass is 16.5. The van der Waals surface area contributed by atoms with E-state index in [2.05, 4.69) is 17.3 Å². The molecule has 0 aromatic carbocycles. The molecule has 0 amide bonds. The van der Waals surface area contributed by atoms with E-state index in [1.165, 1.54) is 32.1 Å². The van der Waals surface area contributed by atoms with Crippen molar-refractivity contribution in [3.63, 3.8) is 0 Å². The molecule has 2 aliphatic heterocycles. The molecule has 0 radical (unpaired) electrons. The first-order chi connectivity index (χ1) is 8.20. The number of fused-ring (bicyclic) bond motifs is 2. The number of aliphatic hydroxyl groups is 1. The minimum absolute atomic E-state index is 0.375. The molecule has 0 saturated carbocycles. The first-order valence-electron chi connectivity index (χ1n) is 6.83. The molecule has 2 aliphatic rings. The zero-order valence-corrected chi connectivity index (χ0v) is 11.1. The SMILES string of the molecule is COCC(O)CNC1CC2CCCC(C1)N2C. The molecular weight excluding hydrogens is 216 g/mol. The van der Waals surface area contributed by atoms with Crippen molar-refractivity contribution < 1.29 is 9.84 Å². The van der Waals surface area contributed by atoms with Crippen LogP contribution in [0.25, 0.3) is 0 Å².